The van der Waals surface area contributed by atoms with Crippen LogP contribution >= 0.6 is 15.9 Å². The summed E-state index contributed by atoms with van der Waals surface area (Å²) in [6.07, 6.45) is 0. The molecule has 0 aromatic heterocycles. The molecule has 0 saturated carbocycles. The van der Waals surface area contributed by atoms with E-state index in [9.17, 15) is 19.2 Å². The summed E-state index contributed by atoms with van der Waals surface area (Å²) in [5, 5.41) is 3.20. The van der Waals surface area contributed by atoms with Crippen molar-refractivity contribution in [2.24, 2.45) is 10.8 Å². The lowest BCUT2D eigenvalue weighted by atomic mass is 9.97. The van der Waals surface area contributed by atoms with Crippen molar-refractivity contribution in [1.29, 1.82) is 0 Å². The van der Waals surface area contributed by atoms with Crippen LogP contribution in [0, 0.1) is 17.8 Å². The third-order valence-corrected chi connectivity index (χ3v) is 6.53. The van der Waals surface area contributed by atoms with Crippen molar-refractivity contribution in [3.05, 3.63) is 89.5 Å². The fraction of sp³-hybridized carbons (Fsp3) is 0.371. The number of ketones is 2. The van der Waals surface area contributed by atoms with E-state index in [0.717, 1.165) is 5.69 Å². The van der Waals surface area contributed by atoms with Gasteiger partial charge in [0.15, 0.2) is 11.6 Å². The van der Waals surface area contributed by atoms with E-state index in [1.54, 1.807) is 97.0 Å². The van der Waals surface area contributed by atoms with Crippen LogP contribution in [0.1, 0.15) is 81.7 Å². The largest absolute Gasteiger partial charge is 0.426 e. The van der Waals surface area contributed by atoms with E-state index < -0.39 is 10.8 Å². The predicted molar refractivity (Wildman–Crippen MR) is 174 cm³/mol. The summed E-state index contributed by atoms with van der Waals surface area (Å²) in [6.45, 7) is 16.4. The fourth-order valence-electron chi connectivity index (χ4n) is 3.34. The quantitative estimate of drug-likeness (QED) is 0.113. The number of esters is 2. The molecular weight excluding hydrogens is 610 g/mol. The first-order valence-electron chi connectivity index (χ1n) is 14.1. The van der Waals surface area contributed by atoms with Gasteiger partial charge in [-0.1, -0.05) is 33.6 Å². The molecule has 2 atom stereocenters. The van der Waals surface area contributed by atoms with Gasteiger partial charge in [0, 0.05) is 16.8 Å². The average Bonchev–Trinajstić information content (AvgIpc) is 2.93. The minimum atomic E-state index is -0.568. The normalized spacial score (nSPS) is 12.6. The zero-order valence-electron chi connectivity index (χ0n) is 26.4. The Morgan fingerprint density at radius 3 is 1.35 bits per heavy atom. The van der Waals surface area contributed by atoms with E-state index >= 15 is 0 Å². The first-order valence-corrected chi connectivity index (χ1v) is 15.0. The minimum Gasteiger partial charge on any atom is -0.426 e. The average molecular weight is 653 g/mol. The Kier molecular flexibility index (Phi) is 12.4. The van der Waals surface area contributed by atoms with E-state index in [0.29, 0.717) is 22.6 Å². The topological polar surface area (TPSA) is 98.8 Å². The van der Waals surface area contributed by atoms with Crippen molar-refractivity contribution in [1.82, 2.24) is 0 Å². The Balaban J connectivity index is 0.000000317. The highest BCUT2D eigenvalue weighted by molar-refractivity contribution is 9.10. The Hall–Kier alpha value is -3.78. The van der Waals surface area contributed by atoms with Gasteiger partial charge in [0.1, 0.15) is 11.5 Å². The van der Waals surface area contributed by atoms with Crippen LogP contribution in [-0.4, -0.2) is 34.4 Å². The Morgan fingerprint density at radius 1 is 0.628 bits per heavy atom. The van der Waals surface area contributed by atoms with Gasteiger partial charge in [-0.05, 0) is 123 Å². The SMILES string of the molecule is CC(Br)C(=O)c1ccc(OC(=O)C(C)(C)C)cc1.Cc1ccc(NC(C)C(=O)c2ccc(OC(=O)C(C)(C)C)cc2)cc1. The van der Waals surface area contributed by atoms with Gasteiger partial charge in [-0.25, -0.2) is 0 Å². The van der Waals surface area contributed by atoms with E-state index in [1.807, 2.05) is 38.1 Å². The number of carbonyl (C=O) groups excluding carboxylic acids is 4. The maximum atomic E-state index is 12.5. The second-order valence-electron chi connectivity index (χ2n) is 12.4. The van der Waals surface area contributed by atoms with Crippen molar-refractivity contribution in [3.8, 4) is 11.5 Å². The summed E-state index contributed by atoms with van der Waals surface area (Å²) >= 11 is 3.23. The zero-order valence-corrected chi connectivity index (χ0v) is 28.0. The van der Waals surface area contributed by atoms with E-state index in [2.05, 4.69) is 21.2 Å². The van der Waals surface area contributed by atoms with Gasteiger partial charge in [-0.2, -0.15) is 0 Å². The highest BCUT2D eigenvalue weighted by Crippen LogP contribution is 2.22. The van der Waals surface area contributed by atoms with Crippen LogP contribution in [0.4, 0.5) is 5.69 Å². The molecule has 0 fully saturated rings. The molecule has 0 aliphatic heterocycles. The minimum absolute atomic E-state index is 0.00342. The zero-order chi connectivity index (χ0) is 32.5. The number of rotatable bonds is 8. The molecule has 8 heteroatoms. The number of halogens is 1. The number of nitrogens with one attached hydrogen (secondary N) is 1. The molecule has 43 heavy (non-hydrogen) atoms. The number of Topliss-reactive ketones (excluding diaryl/α,β-unsaturated/α-hetero) is 2. The molecule has 0 heterocycles. The van der Waals surface area contributed by atoms with E-state index in [-0.39, 0.29) is 34.4 Å². The van der Waals surface area contributed by atoms with Gasteiger partial charge in [0.25, 0.3) is 0 Å². The summed E-state index contributed by atoms with van der Waals surface area (Å²) in [5.41, 5.74) is 2.13. The van der Waals surface area contributed by atoms with Gasteiger partial charge in [0.05, 0.1) is 21.7 Å². The summed E-state index contributed by atoms with van der Waals surface area (Å²) in [6, 6.07) is 20.8. The van der Waals surface area contributed by atoms with Gasteiger partial charge in [-0.3, -0.25) is 19.2 Å². The van der Waals surface area contributed by atoms with Gasteiger partial charge < -0.3 is 14.8 Å². The summed E-state index contributed by atoms with van der Waals surface area (Å²) in [5.74, 6) is 0.277. The molecule has 0 amide bonds. The maximum Gasteiger partial charge on any atom is 0.316 e. The maximum absolute atomic E-state index is 12.5. The molecule has 1 N–H and O–H groups in total. The molecule has 3 rings (SSSR count). The monoisotopic (exact) mass is 651 g/mol. The van der Waals surface area contributed by atoms with Crippen LogP contribution in [0.2, 0.25) is 0 Å². The molecule has 3 aromatic carbocycles. The van der Waals surface area contributed by atoms with Crippen molar-refractivity contribution in [2.45, 2.75) is 73.2 Å². The number of anilines is 1. The molecule has 0 aliphatic rings. The Bertz CT molecular complexity index is 1400. The summed E-state index contributed by atoms with van der Waals surface area (Å²) in [7, 11) is 0. The van der Waals surface area contributed by atoms with Crippen LogP contribution in [0.15, 0.2) is 72.8 Å². The fourth-order valence-corrected chi connectivity index (χ4v) is 3.60. The number of hydrogen-bond acceptors (Lipinski definition) is 7. The molecule has 0 bridgehead atoms. The Morgan fingerprint density at radius 2 is 1.00 bits per heavy atom. The standard InChI is InChI=1S/C21H25NO3.C14H17BrO3/c1-14-6-10-17(11-7-14)22-15(2)19(23)16-8-12-18(13-9-16)25-20(24)21(3,4)5;1-9(15)12(16)10-5-7-11(8-6-10)18-13(17)14(2,3)4/h6-13,15,22H,1-5H3;5-9H,1-4H3. The number of alkyl halides is 1. The molecule has 0 radical (unpaired) electrons. The lowest BCUT2D eigenvalue weighted by molar-refractivity contribution is -0.143. The molecule has 230 valence electrons. The van der Waals surface area contributed by atoms with Crippen molar-refractivity contribution >= 4 is 45.1 Å². The van der Waals surface area contributed by atoms with E-state index in [1.165, 1.54) is 5.56 Å². The third kappa shape index (κ3) is 11.4. The van der Waals surface area contributed by atoms with Crippen molar-refractivity contribution in [2.75, 3.05) is 5.32 Å². The van der Waals surface area contributed by atoms with Crippen LogP contribution in [-0.2, 0) is 9.59 Å². The van der Waals surface area contributed by atoms with E-state index in [4.69, 9.17) is 9.47 Å². The lowest BCUT2D eigenvalue weighted by Gasteiger charge is -2.17. The smallest absolute Gasteiger partial charge is 0.316 e. The van der Waals surface area contributed by atoms with Crippen molar-refractivity contribution < 1.29 is 28.7 Å². The number of hydrogen-bond donors (Lipinski definition) is 1. The second kappa shape index (κ2) is 15.1. The number of aryl methyl sites for hydroxylation is 1. The molecule has 7 nitrogen and oxygen atoms in total. The molecular formula is C35H42BrNO6. The van der Waals surface area contributed by atoms with Crippen LogP contribution in [0.3, 0.4) is 0 Å². The molecule has 3 aromatic rings. The molecule has 0 aliphatic carbocycles. The molecule has 2 unspecified atom stereocenters. The Labute approximate surface area is 263 Å². The number of benzene rings is 3. The van der Waals surface area contributed by atoms with Crippen LogP contribution in [0.25, 0.3) is 0 Å². The van der Waals surface area contributed by atoms with Crippen LogP contribution < -0.4 is 14.8 Å². The van der Waals surface area contributed by atoms with Gasteiger partial charge >= 0.3 is 11.9 Å². The highest BCUT2D eigenvalue weighted by atomic mass is 79.9. The first kappa shape index (κ1) is 35.4. The summed E-state index contributed by atoms with van der Waals surface area (Å²) < 4.78 is 10.5. The van der Waals surface area contributed by atoms with Crippen molar-refractivity contribution in [3.63, 3.8) is 0 Å². The predicted octanol–water partition coefficient (Wildman–Crippen LogP) is 8.23. The lowest BCUT2D eigenvalue weighted by Crippen LogP contribution is -2.26. The second-order valence-corrected chi connectivity index (χ2v) is 13.8. The third-order valence-electron chi connectivity index (χ3n) is 6.11. The highest BCUT2D eigenvalue weighted by Gasteiger charge is 2.25. The van der Waals surface area contributed by atoms with Gasteiger partial charge in [-0.15, -0.1) is 0 Å². The number of carbonyl (C=O) groups is 4. The van der Waals surface area contributed by atoms with Gasteiger partial charge in [0.2, 0.25) is 0 Å². The first-order chi connectivity index (χ1) is 19.9. The molecule has 0 saturated heterocycles. The molecule has 0 spiro atoms. The van der Waals surface area contributed by atoms with Crippen LogP contribution in [0.5, 0.6) is 11.5 Å². The summed E-state index contributed by atoms with van der Waals surface area (Å²) in [4.78, 5) is 47.6. The number of ether oxygens (including phenoxy) is 2.